The number of carbonyl (C=O) groups excluding carboxylic acids is 1. The minimum absolute atomic E-state index is 0.268. The van der Waals surface area contributed by atoms with E-state index in [1.165, 1.54) is 0 Å². The zero-order valence-electron chi connectivity index (χ0n) is 15.7. The van der Waals surface area contributed by atoms with Crippen molar-refractivity contribution in [3.05, 3.63) is 101 Å². The van der Waals surface area contributed by atoms with Crippen molar-refractivity contribution in [1.82, 2.24) is 9.97 Å². The molecule has 4 rings (SSSR count). The number of carbonyl (C=O) groups is 1. The summed E-state index contributed by atoms with van der Waals surface area (Å²) >= 11 is 0. The monoisotopic (exact) mass is 386 g/mol. The van der Waals surface area contributed by atoms with Crippen LogP contribution in [0.1, 0.15) is 29.2 Å². The standard InChI is InChI=1S/C23H18N2O4/c1-15(21-24-20-10-6-5-9-19(20)22(26)25-21)28-23(27)16-11-13-18(14-12-16)29-17-7-3-2-4-8-17/h2-15H,1H3,(H,24,25,26)/t15-/m1/s1. The molecule has 0 amide bonds. The number of para-hydroxylation sites is 2. The highest BCUT2D eigenvalue weighted by Crippen LogP contribution is 2.22. The molecule has 0 radical (unpaired) electrons. The number of ether oxygens (including phenoxy) is 2. The number of benzene rings is 3. The Hall–Kier alpha value is -3.93. The van der Waals surface area contributed by atoms with Crippen LogP contribution in [-0.2, 0) is 4.74 Å². The summed E-state index contributed by atoms with van der Waals surface area (Å²) in [6.07, 6.45) is -0.708. The van der Waals surface area contributed by atoms with Gasteiger partial charge in [0.15, 0.2) is 11.9 Å². The predicted octanol–water partition coefficient (Wildman–Crippen LogP) is 4.63. The van der Waals surface area contributed by atoms with E-state index in [-0.39, 0.29) is 5.56 Å². The fourth-order valence-electron chi connectivity index (χ4n) is 2.87. The number of aromatic nitrogens is 2. The lowest BCUT2D eigenvalue weighted by Crippen LogP contribution is -2.17. The summed E-state index contributed by atoms with van der Waals surface area (Å²) in [6, 6.07) is 23.0. The van der Waals surface area contributed by atoms with E-state index in [2.05, 4.69) is 9.97 Å². The Morgan fingerprint density at radius 1 is 0.897 bits per heavy atom. The third kappa shape index (κ3) is 4.16. The average molecular weight is 386 g/mol. The van der Waals surface area contributed by atoms with E-state index >= 15 is 0 Å². The highest BCUT2D eigenvalue weighted by atomic mass is 16.5. The predicted molar refractivity (Wildman–Crippen MR) is 109 cm³/mol. The lowest BCUT2D eigenvalue weighted by Gasteiger charge is -2.13. The van der Waals surface area contributed by atoms with Crippen LogP contribution in [0.25, 0.3) is 10.9 Å². The van der Waals surface area contributed by atoms with Crippen LogP contribution >= 0.6 is 0 Å². The van der Waals surface area contributed by atoms with Crippen molar-refractivity contribution in [3.8, 4) is 11.5 Å². The van der Waals surface area contributed by atoms with Crippen molar-refractivity contribution in [1.29, 1.82) is 0 Å². The van der Waals surface area contributed by atoms with Gasteiger partial charge < -0.3 is 14.5 Å². The Bertz CT molecular complexity index is 1200. The number of fused-ring (bicyclic) bond motifs is 1. The Kier molecular flexibility index (Phi) is 5.07. The number of H-pyrrole nitrogens is 1. The summed E-state index contributed by atoms with van der Waals surface area (Å²) in [5, 5.41) is 0.490. The first-order chi connectivity index (χ1) is 14.1. The van der Waals surface area contributed by atoms with E-state index in [1.54, 1.807) is 55.5 Å². The van der Waals surface area contributed by atoms with Gasteiger partial charge in [0.05, 0.1) is 16.5 Å². The maximum absolute atomic E-state index is 12.5. The molecule has 0 aliphatic rings. The summed E-state index contributed by atoms with van der Waals surface area (Å²) in [6.45, 7) is 1.66. The van der Waals surface area contributed by atoms with Crippen molar-refractivity contribution in [2.45, 2.75) is 13.0 Å². The average Bonchev–Trinajstić information content (AvgIpc) is 2.75. The maximum atomic E-state index is 12.5. The van der Waals surface area contributed by atoms with Gasteiger partial charge >= 0.3 is 5.97 Å². The van der Waals surface area contributed by atoms with Crippen LogP contribution in [0.2, 0.25) is 0 Å². The van der Waals surface area contributed by atoms with Gasteiger partial charge in [0.1, 0.15) is 11.5 Å². The molecule has 0 saturated heterocycles. The first-order valence-electron chi connectivity index (χ1n) is 9.13. The van der Waals surface area contributed by atoms with Gasteiger partial charge in [-0.1, -0.05) is 30.3 Å². The lowest BCUT2D eigenvalue weighted by atomic mass is 10.2. The van der Waals surface area contributed by atoms with Crippen LogP contribution in [0.4, 0.5) is 0 Å². The number of hydrogen-bond donors (Lipinski definition) is 1. The van der Waals surface area contributed by atoms with Gasteiger partial charge in [0, 0.05) is 0 Å². The first kappa shape index (κ1) is 18.4. The Labute approximate surface area is 166 Å². The molecular weight excluding hydrogens is 368 g/mol. The molecule has 0 unspecified atom stereocenters. The zero-order valence-corrected chi connectivity index (χ0v) is 15.7. The molecule has 0 aliphatic carbocycles. The van der Waals surface area contributed by atoms with Crippen molar-refractivity contribution in [2.24, 2.45) is 0 Å². The quantitative estimate of drug-likeness (QED) is 0.506. The van der Waals surface area contributed by atoms with Crippen molar-refractivity contribution < 1.29 is 14.3 Å². The highest BCUT2D eigenvalue weighted by molar-refractivity contribution is 5.89. The molecule has 0 saturated carbocycles. The highest BCUT2D eigenvalue weighted by Gasteiger charge is 2.17. The van der Waals surface area contributed by atoms with Gasteiger partial charge in [-0.05, 0) is 55.5 Å². The molecule has 29 heavy (non-hydrogen) atoms. The van der Waals surface area contributed by atoms with Crippen LogP contribution in [0.5, 0.6) is 11.5 Å². The van der Waals surface area contributed by atoms with Crippen LogP contribution in [0.15, 0.2) is 83.7 Å². The smallest absolute Gasteiger partial charge is 0.338 e. The van der Waals surface area contributed by atoms with Gasteiger partial charge in [-0.2, -0.15) is 0 Å². The maximum Gasteiger partial charge on any atom is 0.338 e. The second-order valence-electron chi connectivity index (χ2n) is 6.46. The van der Waals surface area contributed by atoms with E-state index in [0.29, 0.717) is 33.8 Å². The molecule has 6 heteroatoms. The molecule has 1 heterocycles. The van der Waals surface area contributed by atoms with Crippen molar-refractivity contribution in [3.63, 3.8) is 0 Å². The van der Waals surface area contributed by atoms with Crippen LogP contribution in [-0.4, -0.2) is 15.9 Å². The van der Waals surface area contributed by atoms with Crippen LogP contribution in [0.3, 0.4) is 0 Å². The van der Waals surface area contributed by atoms with E-state index in [4.69, 9.17) is 9.47 Å². The molecule has 6 nitrogen and oxygen atoms in total. The van der Waals surface area contributed by atoms with Gasteiger partial charge in [-0.3, -0.25) is 4.79 Å². The first-order valence-corrected chi connectivity index (χ1v) is 9.13. The molecule has 144 valence electrons. The lowest BCUT2D eigenvalue weighted by molar-refractivity contribution is 0.0320. The largest absolute Gasteiger partial charge is 0.457 e. The van der Waals surface area contributed by atoms with Crippen molar-refractivity contribution >= 4 is 16.9 Å². The Balaban J connectivity index is 1.47. The summed E-state index contributed by atoms with van der Waals surface area (Å²) in [7, 11) is 0. The molecule has 0 bridgehead atoms. The minimum Gasteiger partial charge on any atom is -0.457 e. The Morgan fingerprint density at radius 2 is 1.55 bits per heavy atom. The number of nitrogens with one attached hydrogen (secondary N) is 1. The van der Waals surface area contributed by atoms with Crippen molar-refractivity contribution in [2.75, 3.05) is 0 Å². The number of rotatable bonds is 5. The summed E-state index contributed by atoms with van der Waals surface area (Å²) in [4.78, 5) is 31.7. The van der Waals surface area contributed by atoms with Gasteiger partial charge in [-0.15, -0.1) is 0 Å². The van der Waals surface area contributed by atoms with Gasteiger partial charge in [-0.25, -0.2) is 9.78 Å². The molecule has 0 spiro atoms. The molecular formula is C23H18N2O4. The van der Waals surface area contributed by atoms with E-state index in [9.17, 15) is 9.59 Å². The molecule has 0 fully saturated rings. The Morgan fingerprint density at radius 3 is 2.31 bits per heavy atom. The third-order valence-corrected chi connectivity index (χ3v) is 4.37. The van der Waals surface area contributed by atoms with E-state index in [0.717, 1.165) is 0 Å². The minimum atomic E-state index is -0.708. The van der Waals surface area contributed by atoms with Crippen LogP contribution in [0, 0.1) is 0 Å². The number of aromatic amines is 1. The normalized spacial score (nSPS) is 11.8. The second kappa shape index (κ2) is 7.98. The zero-order chi connectivity index (χ0) is 20.2. The summed E-state index contributed by atoms with van der Waals surface area (Å²) < 4.78 is 11.2. The summed E-state index contributed by atoms with van der Waals surface area (Å²) in [5.41, 5.74) is 0.660. The SMILES string of the molecule is C[C@@H](OC(=O)c1ccc(Oc2ccccc2)cc1)c1nc2ccccc2c(=O)[nH]1. The molecule has 1 aromatic heterocycles. The molecule has 1 N–H and O–H groups in total. The van der Waals surface area contributed by atoms with E-state index in [1.807, 2.05) is 30.3 Å². The van der Waals surface area contributed by atoms with Crippen LogP contribution < -0.4 is 10.3 Å². The summed E-state index contributed by atoms with van der Waals surface area (Å²) in [5.74, 6) is 1.11. The molecule has 3 aromatic carbocycles. The molecule has 4 aromatic rings. The molecule has 1 atom stereocenters. The van der Waals surface area contributed by atoms with Gasteiger partial charge in [0.25, 0.3) is 5.56 Å². The van der Waals surface area contributed by atoms with Gasteiger partial charge in [0.2, 0.25) is 0 Å². The molecule has 0 aliphatic heterocycles. The fourth-order valence-corrected chi connectivity index (χ4v) is 2.87. The number of esters is 1. The second-order valence-corrected chi connectivity index (χ2v) is 6.46. The third-order valence-electron chi connectivity index (χ3n) is 4.37. The number of nitrogens with zero attached hydrogens (tertiary/aromatic N) is 1. The number of hydrogen-bond acceptors (Lipinski definition) is 5. The topological polar surface area (TPSA) is 81.3 Å². The fraction of sp³-hybridized carbons (Fsp3) is 0.0870. The van der Waals surface area contributed by atoms with E-state index < -0.39 is 12.1 Å².